The zero-order valence-corrected chi connectivity index (χ0v) is 18.0. The Bertz CT molecular complexity index is 974. The second-order valence-electron chi connectivity index (χ2n) is 7.04. The van der Waals surface area contributed by atoms with E-state index in [1.54, 1.807) is 7.11 Å². The number of hydrogen-bond acceptors (Lipinski definition) is 4. The summed E-state index contributed by atoms with van der Waals surface area (Å²) in [5.74, 6) is 0.848. The minimum atomic E-state index is -0.0681. The molecule has 2 atom stereocenters. The lowest BCUT2D eigenvalue weighted by atomic mass is 10.0. The smallest absolute Gasteiger partial charge is 0.174 e. The lowest BCUT2D eigenvalue weighted by Crippen LogP contribution is -2.30. The highest BCUT2D eigenvalue weighted by Gasteiger charge is 2.41. The van der Waals surface area contributed by atoms with Gasteiger partial charge in [-0.05, 0) is 67.7 Å². The van der Waals surface area contributed by atoms with E-state index in [1.807, 2.05) is 43.5 Å². The van der Waals surface area contributed by atoms with Gasteiger partial charge in [-0.1, -0.05) is 6.07 Å². The zero-order valence-electron chi connectivity index (χ0n) is 17.2. The van der Waals surface area contributed by atoms with Crippen molar-refractivity contribution < 1.29 is 9.47 Å². The van der Waals surface area contributed by atoms with Gasteiger partial charge >= 0.3 is 0 Å². The number of ether oxygens (including phenoxy) is 2. The quantitative estimate of drug-likeness (QED) is 0.552. The van der Waals surface area contributed by atoms with Crippen LogP contribution in [0.4, 0.5) is 5.69 Å². The number of nitrogens with zero attached hydrogens (tertiary/aromatic N) is 3. The molecule has 2 aromatic heterocycles. The van der Waals surface area contributed by atoms with Gasteiger partial charge < -0.3 is 24.3 Å². The first-order valence-corrected chi connectivity index (χ1v) is 10.5. The highest BCUT2D eigenvalue weighted by atomic mass is 32.1. The molecule has 1 aliphatic rings. The first kappa shape index (κ1) is 20.4. The second-order valence-corrected chi connectivity index (χ2v) is 7.43. The molecule has 1 fully saturated rings. The first-order valence-electron chi connectivity index (χ1n) is 10.1. The fourth-order valence-corrected chi connectivity index (χ4v) is 4.24. The van der Waals surface area contributed by atoms with E-state index in [4.69, 9.17) is 21.7 Å². The molecule has 7 heteroatoms. The average Bonchev–Trinajstić information content (AvgIpc) is 3.37. The van der Waals surface area contributed by atoms with E-state index >= 15 is 0 Å². The third-order valence-corrected chi connectivity index (χ3v) is 5.54. The summed E-state index contributed by atoms with van der Waals surface area (Å²) in [6.07, 6.45) is 3.90. The number of anilines is 1. The zero-order chi connectivity index (χ0) is 20.9. The van der Waals surface area contributed by atoms with Crippen molar-refractivity contribution in [3.05, 3.63) is 78.4 Å². The number of hydrogen-bond donors (Lipinski definition) is 1. The van der Waals surface area contributed by atoms with E-state index in [2.05, 4.69) is 50.2 Å². The van der Waals surface area contributed by atoms with Gasteiger partial charge in [0, 0.05) is 37.4 Å². The molecule has 4 rings (SSSR count). The van der Waals surface area contributed by atoms with E-state index in [-0.39, 0.29) is 12.1 Å². The Hall–Kier alpha value is -2.90. The molecule has 1 aliphatic heterocycles. The normalized spacial score (nSPS) is 18.5. The minimum absolute atomic E-state index is 0.0443. The average molecular weight is 423 g/mol. The van der Waals surface area contributed by atoms with Crippen molar-refractivity contribution in [1.29, 1.82) is 0 Å². The van der Waals surface area contributed by atoms with Gasteiger partial charge in [0.1, 0.15) is 11.8 Å². The van der Waals surface area contributed by atoms with Crippen LogP contribution in [0.1, 0.15) is 30.4 Å². The number of methoxy groups -OCH3 is 1. The molecule has 0 spiro atoms. The Morgan fingerprint density at radius 1 is 1.10 bits per heavy atom. The molecule has 6 nitrogen and oxygen atoms in total. The summed E-state index contributed by atoms with van der Waals surface area (Å²) >= 11 is 5.79. The van der Waals surface area contributed by atoms with Gasteiger partial charge in [-0.25, -0.2) is 0 Å². The molecule has 0 radical (unpaired) electrons. The minimum Gasteiger partial charge on any atom is -0.494 e. The van der Waals surface area contributed by atoms with Crippen LogP contribution >= 0.6 is 12.2 Å². The predicted molar refractivity (Wildman–Crippen MR) is 122 cm³/mol. The number of benzene rings is 1. The van der Waals surface area contributed by atoms with Crippen molar-refractivity contribution >= 4 is 23.0 Å². The third-order valence-electron chi connectivity index (χ3n) is 5.23. The van der Waals surface area contributed by atoms with Gasteiger partial charge in [-0.3, -0.25) is 4.98 Å². The molecule has 3 heterocycles. The fourth-order valence-electron chi connectivity index (χ4n) is 3.89. The topological polar surface area (TPSA) is 51.5 Å². The maximum Gasteiger partial charge on any atom is 0.174 e. The van der Waals surface area contributed by atoms with Crippen LogP contribution in [0.15, 0.2) is 67.0 Å². The summed E-state index contributed by atoms with van der Waals surface area (Å²) in [7, 11) is 1.72. The highest BCUT2D eigenvalue weighted by molar-refractivity contribution is 7.80. The largest absolute Gasteiger partial charge is 0.494 e. The lowest BCUT2D eigenvalue weighted by Gasteiger charge is -2.29. The van der Waals surface area contributed by atoms with Gasteiger partial charge in [0.15, 0.2) is 5.11 Å². The molecule has 30 heavy (non-hydrogen) atoms. The van der Waals surface area contributed by atoms with Gasteiger partial charge in [0.05, 0.1) is 24.9 Å². The Morgan fingerprint density at radius 2 is 1.93 bits per heavy atom. The maximum absolute atomic E-state index is 5.79. The molecule has 0 amide bonds. The summed E-state index contributed by atoms with van der Waals surface area (Å²) in [4.78, 5) is 6.78. The van der Waals surface area contributed by atoms with E-state index < -0.39 is 0 Å². The lowest BCUT2D eigenvalue weighted by molar-refractivity contribution is 0.186. The SMILES string of the molecule is CCOc1ccc(N2C(=S)NC(c3ccccn3)C2c2cccn2CCOC)cc1. The number of thiocarbonyl (C=S) groups is 1. The van der Waals surface area contributed by atoms with Crippen LogP contribution in [0, 0.1) is 0 Å². The number of aromatic nitrogens is 2. The van der Waals surface area contributed by atoms with Crippen LogP contribution in [0.2, 0.25) is 0 Å². The van der Waals surface area contributed by atoms with Crippen LogP contribution in [-0.2, 0) is 11.3 Å². The van der Waals surface area contributed by atoms with Crippen LogP contribution in [-0.4, -0.2) is 35.0 Å². The van der Waals surface area contributed by atoms with Crippen molar-refractivity contribution in [2.75, 3.05) is 25.2 Å². The Morgan fingerprint density at radius 3 is 2.63 bits per heavy atom. The molecule has 2 unspecified atom stereocenters. The van der Waals surface area contributed by atoms with E-state index in [1.165, 1.54) is 0 Å². The number of nitrogens with one attached hydrogen (secondary N) is 1. The van der Waals surface area contributed by atoms with Gasteiger partial charge in [-0.15, -0.1) is 0 Å². The molecule has 156 valence electrons. The maximum atomic E-state index is 5.79. The Balaban J connectivity index is 1.76. The Kier molecular flexibility index (Phi) is 6.30. The number of rotatable bonds is 8. The molecule has 3 aromatic rings. The third kappa shape index (κ3) is 4.04. The summed E-state index contributed by atoms with van der Waals surface area (Å²) in [6, 6.07) is 18.1. The van der Waals surface area contributed by atoms with Crippen LogP contribution < -0.4 is 15.0 Å². The summed E-state index contributed by atoms with van der Waals surface area (Å²) in [5, 5.41) is 4.18. The second kappa shape index (κ2) is 9.28. The fraction of sp³-hybridized carbons (Fsp3) is 0.304. The van der Waals surface area contributed by atoms with E-state index in [0.717, 1.165) is 29.4 Å². The molecular formula is C23H26N4O2S. The van der Waals surface area contributed by atoms with Crippen molar-refractivity contribution in [2.24, 2.45) is 0 Å². The molecule has 1 N–H and O–H groups in total. The molecule has 0 saturated carbocycles. The van der Waals surface area contributed by atoms with Crippen LogP contribution in [0.5, 0.6) is 5.75 Å². The van der Waals surface area contributed by atoms with Gasteiger partial charge in [0.2, 0.25) is 0 Å². The Labute approximate surface area is 182 Å². The summed E-state index contributed by atoms with van der Waals surface area (Å²) in [5.41, 5.74) is 3.13. The van der Waals surface area contributed by atoms with Crippen molar-refractivity contribution in [3.63, 3.8) is 0 Å². The van der Waals surface area contributed by atoms with Gasteiger partial charge in [0.25, 0.3) is 0 Å². The summed E-state index contributed by atoms with van der Waals surface area (Å²) in [6.45, 7) is 4.03. The van der Waals surface area contributed by atoms with Crippen LogP contribution in [0.3, 0.4) is 0 Å². The van der Waals surface area contributed by atoms with Crippen molar-refractivity contribution in [1.82, 2.24) is 14.9 Å². The van der Waals surface area contributed by atoms with Gasteiger partial charge in [-0.2, -0.15) is 0 Å². The van der Waals surface area contributed by atoms with E-state index in [0.29, 0.717) is 18.3 Å². The molecule has 1 saturated heterocycles. The van der Waals surface area contributed by atoms with Crippen molar-refractivity contribution in [3.8, 4) is 5.75 Å². The first-order chi connectivity index (χ1) is 14.7. The van der Waals surface area contributed by atoms with E-state index in [9.17, 15) is 0 Å². The summed E-state index contributed by atoms with van der Waals surface area (Å²) < 4.78 is 13.1. The number of pyridine rings is 1. The highest BCUT2D eigenvalue weighted by Crippen LogP contribution is 2.41. The molecule has 0 bridgehead atoms. The van der Waals surface area contributed by atoms with Crippen molar-refractivity contribution in [2.45, 2.75) is 25.6 Å². The monoisotopic (exact) mass is 422 g/mol. The predicted octanol–water partition coefficient (Wildman–Crippen LogP) is 4.11. The molecule has 0 aliphatic carbocycles. The standard InChI is InChI=1S/C23H26N4O2S/c1-3-29-18-11-9-17(10-12-18)27-22(20-8-6-14-26(20)15-16-28-2)21(25-23(27)30)19-7-4-5-13-24-19/h4-14,21-22H,3,15-16H2,1-2H3,(H,25,30). The molecule has 1 aromatic carbocycles. The molecular weight excluding hydrogens is 396 g/mol. The van der Waals surface area contributed by atoms with Crippen LogP contribution in [0.25, 0.3) is 0 Å².